The van der Waals surface area contributed by atoms with E-state index in [2.05, 4.69) is 10.1 Å². The standard InChI is InChI=1S/C10H17N3O3S/c1-2-16-8-7-12-17(14,15)10-6-4-3-5-9(10)13-11/h3-6,12-13H,2,7-8,11H2,1H3. The molecule has 0 heterocycles. The summed E-state index contributed by atoms with van der Waals surface area (Å²) in [5, 5.41) is 0. The van der Waals surface area contributed by atoms with Crippen LogP contribution in [0.4, 0.5) is 5.69 Å². The van der Waals surface area contributed by atoms with E-state index in [1.54, 1.807) is 18.2 Å². The molecule has 17 heavy (non-hydrogen) atoms. The van der Waals surface area contributed by atoms with Crippen molar-refractivity contribution in [1.29, 1.82) is 0 Å². The van der Waals surface area contributed by atoms with Crippen molar-refractivity contribution in [2.45, 2.75) is 11.8 Å². The van der Waals surface area contributed by atoms with E-state index in [4.69, 9.17) is 10.6 Å². The monoisotopic (exact) mass is 259 g/mol. The molecule has 6 nitrogen and oxygen atoms in total. The van der Waals surface area contributed by atoms with Crippen molar-refractivity contribution in [2.24, 2.45) is 5.84 Å². The molecule has 0 aliphatic heterocycles. The maximum atomic E-state index is 11.9. The van der Waals surface area contributed by atoms with Crippen molar-refractivity contribution >= 4 is 15.7 Å². The summed E-state index contributed by atoms with van der Waals surface area (Å²) in [5.41, 5.74) is 2.71. The van der Waals surface area contributed by atoms with Gasteiger partial charge in [-0.1, -0.05) is 12.1 Å². The van der Waals surface area contributed by atoms with E-state index >= 15 is 0 Å². The lowest BCUT2D eigenvalue weighted by Crippen LogP contribution is -2.28. The molecule has 0 aromatic heterocycles. The molecule has 0 amide bonds. The zero-order chi connectivity index (χ0) is 12.7. The normalized spacial score (nSPS) is 11.4. The van der Waals surface area contributed by atoms with Gasteiger partial charge < -0.3 is 10.2 Å². The number of benzene rings is 1. The average Bonchev–Trinajstić information content (AvgIpc) is 2.34. The fourth-order valence-corrected chi connectivity index (χ4v) is 2.47. The van der Waals surface area contributed by atoms with Gasteiger partial charge in [0.2, 0.25) is 10.0 Å². The SMILES string of the molecule is CCOCCNS(=O)(=O)c1ccccc1NN. The van der Waals surface area contributed by atoms with Crippen LogP contribution in [0.5, 0.6) is 0 Å². The third kappa shape index (κ3) is 3.97. The number of hydrogen-bond donors (Lipinski definition) is 3. The van der Waals surface area contributed by atoms with E-state index in [1.807, 2.05) is 6.92 Å². The van der Waals surface area contributed by atoms with Gasteiger partial charge in [0.15, 0.2) is 0 Å². The second-order valence-corrected chi connectivity index (χ2v) is 4.97. The first-order valence-corrected chi connectivity index (χ1v) is 6.73. The summed E-state index contributed by atoms with van der Waals surface area (Å²) >= 11 is 0. The Hall–Kier alpha value is -1.15. The van der Waals surface area contributed by atoms with Gasteiger partial charge in [0, 0.05) is 13.2 Å². The van der Waals surface area contributed by atoms with Crippen molar-refractivity contribution in [3.05, 3.63) is 24.3 Å². The predicted molar refractivity (Wildman–Crippen MR) is 65.9 cm³/mol. The van der Waals surface area contributed by atoms with E-state index in [0.29, 0.717) is 18.9 Å². The summed E-state index contributed by atoms with van der Waals surface area (Å²) in [6, 6.07) is 6.42. The number of nitrogen functional groups attached to an aromatic ring is 1. The number of nitrogens with one attached hydrogen (secondary N) is 2. The molecule has 1 aromatic carbocycles. The van der Waals surface area contributed by atoms with Gasteiger partial charge in [0.25, 0.3) is 0 Å². The quantitative estimate of drug-likeness (QED) is 0.372. The van der Waals surface area contributed by atoms with Gasteiger partial charge >= 0.3 is 0 Å². The van der Waals surface area contributed by atoms with E-state index < -0.39 is 10.0 Å². The van der Waals surface area contributed by atoms with Crippen LogP contribution in [0.2, 0.25) is 0 Å². The third-order valence-electron chi connectivity index (χ3n) is 2.07. The highest BCUT2D eigenvalue weighted by Gasteiger charge is 2.16. The number of nitrogens with two attached hydrogens (primary N) is 1. The Bertz CT molecular complexity index is 448. The summed E-state index contributed by atoms with van der Waals surface area (Å²) < 4.78 is 31.3. The van der Waals surface area contributed by atoms with E-state index in [9.17, 15) is 8.42 Å². The molecule has 0 bridgehead atoms. The molecule has 0 spiro atoms. The van der Waals surface area contributed by atoms with Crippen LogP contribution < -0.4 is 16.0 Å². The summed E-state index contributed by atoms with van der Waals surface area (Å²) in [6.45, 7) is 2.98. The molecule has 1 aromatic rings. The van der Waals surface area contributed by atoms with Crippen molar-refractivity contribution in [1.82, 2.24) is 4.72 Å². The predicted octanol–water partition coefficient (Wildman–Crippen LogP) is 0.287. The Balaban J connectivity index is 2.75. The number of hydrazine groups is 1. The van der Waals surface area contributed by atoms with Crippen LogP contribution in [0.15, 0.2) is 29.2 Å². The first-order chi connectivity index (χ1) is 8.11. The first kappa shape index (κ1) is 13.9. The number of rotatable bonds is 7. The van der Waals surface area contributed by atoms with Crippen molar-refractivity contribution < 1.29 is 13.2 Å². The van der Waals surface area contributed by atoms with Gasteiger partial charge in [-0.3, -0.25) is 5.84 Å². The number of para-hydroxylation sites is 1. The summed E-state index contributed by atoms with van der Waals surface area (Å²) in [4.78, 5) is 0.124. The Morgan fingerprint density at radius 1 is 1.35 bits per heavy atom. The second kappa shape index (κ2) is 6.55. The van der Waals surface area contributed by atoms with Crippen molar-refractivity contribution in [3.63, 3.8) is 0 Å². The maximum absolute atomic E-state index is 11.9. The minimum absolute atomic E-state index is 0.124. The lowest BCUT2D eigenvalue weighted by Gasteiger charge is -2.10. The van der Waals surface area contributed by atoms with Gasteiger partial charge in [-0.2, -0.15) is 0 Å². The van der Waals surface area contributed by atoms with E-state index in [1.165, 1.54) is 6.07 Å². The molecular formula is C10H17N3O3S. The van der Waals surface area contributed by atoms with Gasteiger partial charge in [-0.05, 0) is 19.1 Å². The molecule has 0 saturated heterocycles. The molecule has 0 radical (unpaired) electrons. The zero-order valence-electron chi connectivity index (χ0n) is 9.64. The summed E-state index contributed by atoms with van der Waals surface area (Å²) in [6.07, 6.45) is 0. The minimum atomic E-state index is -3.56. The van der Waals surface area contributed by atoms with E-state index in [-0.39, 0.29) is 11.4 Å². The zero-order valence-corrected chi connectivity index (χ0v) is 10.5. The minimum Gasteiger partial charge on any atom is -0.380 e. The van der Waals surface area contributed by atoms with Crippen LogP contribution in [0, 0.1) is 0 Å². The fourth-order valence-electron chi connectivity index (χ4n) is 1.29. The number of ether oxygens (including phenoxy) is 1. The van der Waals surface area contributed by atoms with Crippen LogP contribution >= 0.6 is 0 Å². The molecule has 7 heteroatoms. The van der Waals surface area contributed by atoms with Crippen molar-refractivity contribution in [2.75, 3.05) is 25.2 Å². The Kier molecular flexibility index (Phi) is 5.36. The number of sulfonamides is 1. The van der Waals surface area contributed by atoms with Gasteiger partial charge in [-0.15, -0.1) is 0 Å². The topological polar surface area (TPSA) is 93.4 Å². The molecule has 96 valence electrons. The highest BCUT2D eigenvalue weighted by Crippen LogP contribution is 2.18. The second-order valence-electron chi connectivity index (χ2n) is 3.24. The number of hydrogen-bond acceptors (Lipinski definition) is 5. The first-order valence-electron chi connectivity index (χ1n) is 5.25. The van der Waals surface area contributed by atoms with Crippen LogP contribution in [-0.2, 0) is 14.8 Å². The smallest absolute Gasteiger partial charge is 0.242 e. The fraction of sp³-hybridized carbons (Fsp3) is 0.400. The molecule has 4 N–H and O–H groups in total. The molecule has 0 aliphatic carbocycles. The molecule has 0 fully saturated rings. The largest absolute Gasteiger partial charge is 0.380 e. The Morgan fingerprint density at radius 2 is 2.06 bits per heavy atom. The molecule has 0 saturated carbocycles. The van der Waals surface area contributed by atoms with Crippen LogP contribution in [0.1, 0.15) is 6.92 Å². The lowest BCUT2D eigenvalue weighted by atomic mass is 10.3. The third-order valence-corrected chi connectivity index (χ3v) is 3.59. The van der Waals surface area contributed by atoms with Crippen LogP contribution in [-0.4, -0.2) is 28.2 Å². The summed E-state index contributed by atoms with van der Waals surface area (Å²) in [7, 11) is -3.56. The molecule has 0 atom stereocenters. The average molecular weight is 259 g/mol. The van der Waals surface area contributed by atoms with Gasteiger partial charge in [0.05, 0.1) is 12.3 Å². The highest BCUT2D eigenvalue weighted by atomic mass is 32.2. The van der Waals surface area contributed by atoms with Crippen LogP contribution in [0.3, 0.4) is 0 Å². The van der Waals surface area contributed by atoms with Crippen LogP contribution in [0.25, 0.3) is 0 Å². The Morgan fingerprint density at radius 3 is 2.71 bits per heavy atom. The molecule has 1 rings (SSSR count). The van der Waals surface area contributed by atoms with Gasteiger partial charge in [0.1, 0.15) is 4.90 Å². The molecular weight excluding hydrogens is 242 g/mol. The Labute approximate surface area is 101 Å². The molecule has 0 unspecified atom stereocenters. The highest BCUT2D eigenvalue weighted by molar-refractivity contribution is 7.89. The van der Waals surface area contributed by atoms with E-state index in [0.717, 1.165) is 0 Å². The van der Waals surface area contributed by atoms with Gasteiger partial charge in [-0.25, -0.2) is 13.1 Å². The maximum Gasteiger partial charge on any atom is 0.242 e. The number of anilines is 1. The van der Waals surface area contributed by atoms with Crippen molar-refractivity contribution in [3.8, 4) is 0 Å². The summed E-state index contributed by atoms with van der Waals surface area (Å²) in [5.74, 6) is 5.26. The lowest BCUT2D eigenvalue weighted by molar-refractivity contribution is 0.153. The molecule has 0 aliphatic rings.